The van der Waals surface area contributed by atoms with Crippen molar-refractivity contribution in [3.05, 3.63) is 11.8 Å². The standard InChI is InChI=1S/C20H31N5/c1-5-15-6-8-24(9-7-15)13-17-10-16-12-22-18(11-21)23-19(16)25(17)14-20(2,3)4/h10,12,15-16,19H,5-9,13-14H2,1-4H3. The van der Waals surface area contributed by atoms with E-state index in [0.717, 1.165) is 19.0 Å². The maximum atomic E-state index is 9.17. The summed E-state index contributed by atoms with van der Waals surface area (Å²) < 4.78 is 0. The molecule has 0 amide bonds. The minimum atomic E-state index is 0.00885. The zero-order valence-electron chi connectivity index (χ0n) is 16.1. The zero-order valence-corrected chi connectivity index (χ0v) is 16.1. The summed E-state index contributed by atoms with van der Waals surface area (Å²) in [6.07, 6.45) is 8.17. The molecule has 0 bridgehead atoms. The molecule has 0 aromatic heterocycles. The van der Waals surface area contributed by atoms with Gasteiger partial charge in [0, 0.05) is 25.0 Å². The molecule has 1 saturated heterocycles. The van der Waals surface area contributed by atoms with Crippen LogP contribution in [0, 0.1) is 28.6 Å². The Bertz CT molecular complexity index is 611. The number of fused-ring (bicyclic) bond motifs is 1. The summed E-state index contributed by atoms with van der Waals surface area (Å²) in [5, 5.41) is 9.17. The summed E-state index contributed by atoms with van der Waals surface area (Å²) in [6, 6.07) is 2.10. The van der Waals surface area contributed by atoms with E-state index in [1.807, 2.05) is 6.21 Å². The lowest BCUT2D eigenvalue weighted by Gasteiger charge is -2.38. The van der Waals surface area contributed by atoms with E-state index < -0.39 is 0 Å². The first-order valence-corrected chi connectivity index (χ1v) is 9.61. The highest BCUT2D eigenvalue weighted by atomic mass is 15.3. The molecule has 0 N–H and O–H groups in total. The molecule has 3 heterocycles. The first-order valence-electron chi connectivity index (χ1n) is 9.61. The highest BCUT2D eigenvalue weighted by Gasteiger charge is 2.38. The highest BCUT2D eigenvalue weighted by Crippen LogP contribution is 2.33. The molecule has 1 fully saturated rings. The van der Waals surface area contributed by atoms with Crippen molar-refractivity contribution in [1.29, 1.82) is 5.26 Å². The second-order valence-corrected chi connectivity index (χ2v) is 8.81. The van der Waals surface area contributed by atoms with Crippen LogP contribution in [0.5, 0.6) is 0 Å². The van der Waals surface area contributed by atoms with Crippen LogP contribution in [0.15, 0.2) is 21.8 Å². The van der Waals surface area contributed by atoms with E-state index in [2.05, 4.69) is 59.6 Å². The van der Waals surface area contributed by atoms with Crippen LogP contribution in [-0.2, 0) is 0 Å². The summed E-state index contributed by atoms with van der Waals surface area (Å²) in [7, 11) is 0. The Morgan fingerprint density at radius 2 is 2.00 bits per heavy atom. The molecular formula is C20H31N5. The van der Waals surface area contributed by atoms with Crippen LogP contribution < -0.4 is 0 Å². The molecule has 0 spiro atoms. The lowest BCUT2D eigenvalue weighted by atomic mass is 9.94. The normalized spacial score (nSPS) is 27.7. The number of aliphatic imine (C=N–C) groups is 2. The molecule has 136 valence electrons. The molecule has 0 radical (unpaired) electrons. The van der Waals surface area contributed by atoms with E-state index in [1.54, 1.807) is 0 Å². The smallest absolute Gasteiger partial charge is 0.229 e. The van der Waals surface area contributed by atoms with Gasteiger partial charge in [0.1, 0.15) is 12.2 Å². The average Bonchev–Trinajstić information content (AvgIpc) is 2.90. The number of nitrogens with zero attached hydrogens (tertiary/aromatic N) is 5. The molecule has 5 nitrogen and oxygen atoms in total. The zero-order chi connectivity index (χ0) is 18.0. The molecule has 0 saturated carbocycles. The van der Waals surface area contributed by atoms with E-state index >= 15 is 0 Å². The van der Waals surface area contributed by atoms with Crippen molar-refractivity contribution in [2.45, 2.75) is 53.1 Å². The first-order chi connectivity index (χ1) is 11.9. The first kappa shape index (κ1) is 18.1. The van der Waals surface area contributed by atoms with Crippen molar-refractivity contribution in [1.82, 2.24) is 9.80 Å². The van der Waals surface area contributed by atoms with Gasteiger partial charge < -0.3 is 4.90 Å². The predicted octanol–water partition coefficient (Wildman–Crippen LogP) is 3.30. The van der Waals surface area contributed by atoms with Crippen molar-refractivity contribution in [2.24, 2.45) is 27.2 Å². The summed E-state index contributed by atoms with van der Waals surface area (Å²) in [5.74, 6) is 1.40. The largest absolute Gasteiger partial charge is 0.351 e. The van der Waals surface area contributed by atoms with Gasteiger partial charge in [-0.2, -0.15) is 5.26 Å². The Morgan fingerprint density at radius 1 is 1.28 bits per heavy atom. The molecule has 3 aliphatic rings. The molecule has 3 aliphatic heterocycles. The van der Waals surface area contributed by atoms with Gasteiger partial charge in [-0.1, -0.05) is 40.2 Å². The van der Waals surface area contributed by atoms with Crippen LogP contribution in [0.3, 0.4) is 0 Å². The second-order valence-electron chi connectivity index (χ2n) is 8.81. The van der Waals surface area contributed by atoms with Crippen molar-refractivity contribution in [3.63, 3.8) is 0 Å². The lowest BCUT2D eigenvalue weighted by Crippen LogP contribution is -2.43. The molecule has 2 unspecified atom stereocenters. The second kappa shape index (κ2) is 7.29. The lowest BCUT2D eigenvalue weighted by molar-refractivity contribution is 0.150. The van der Waals surface area contributed by atoms with E-state index in [1.165, 1.54) is 38.0 Å². The molecule has 0 aliphatic carbocycles. The maximum absolute atomic E-state index is 9.17. The molecule has 5 heteroatoms. The van der Waals surface area contributed by atoms with Crippen LogP contribution in [0.2, 0.25) is 0 Å². The van der Waals surface area contributed by atoms with E-state index in [0.29, 0.717) is 5.84 Å². The minimum absolute atomic E-state index is 0.00885. The number of likely N-dealkylation sites (tertiary alicyclic amines) is 1. The van der Waals surface area contributed by atoms with Crippen LogP contribution in [0.1, 0.15) is 47.0 Å². The number of hydrogen-bond donors (Lipinski definition) is 0. The van der Waals surface area contributed by atoms with Crippen LogP contribution >= 0.6 is 0 Å². The fourth-order valence-corrected chi connectivity index (χ4v) is 4.06. The van der Waals surface area contributed by atoms with Gasteiger partial charge in [-0.3, -0.25) is 4.90 Å². The van der Waals surface area contributed by atoms with E-state index in [-0.39, 0.29) is 17.5 Å². The highest BCUT2D eigenvalue weighted by molar-refractivity contribution is 6.03. The van der Waals surface area contributed by atoms with Gasteiger partial charge in [0.2, 0.25) is 5.84 Å². The monoisotopic (exact) mass is 341 g/mol. The van der Waals surface area contributed by atoms with Crippen molar-refractivity contribution in [3.8, 4) is 6.07 Å². The number of nitriles is 1. The van der Waals surface area contributed by atoms with Crippen molar-refractivity contribution < 1.29 is 0 Å². The number of piperidine rings is 1. The van der Waals surface area contributed by atoms with Crippen molar-refractivity contribution in [2.75, 3.05) is 26.2 Å². The predicted molar refractivity (Wildman–Crippen MR) is 103 cm³/mol. The molecule has 2 atom stereocenters. The minimum Gasteiger partial charge on any atom is -0.351 e. The quantitative estimate of drug-likeness (QED) is 0.788. The fourth-order valence-electron chi connectivity index (χ4n) is 4.06. The van der Waals surface area contributed by atoms with Gasteiger partial charge in [-0.15, -0.1) is 0 Å². The summed E-state index contributed by atoms with van der Waals surface area (Å²) in [5.41, 5.74) is 1.54. The van der Waals surface area contributed by atoms with Gasteiger partial charge in [0.25, 0.3) is 0 Å². The van der Waals surface area contributed by atoms with E-state index in [9.17, 15) is 0 Å². The number of rotatable bonds is 4. The Morgan fingerprint density at radius 3 is 2.60 bits per heavy atom. The van der Waals surface area contributed by atoms with Crippen molar-refractivity contribution >= 4 is 12.1 Å². The Balaban J connectivity index is 1.74. The van der Waals surface area contributed by atoms with Crippen LogP contribution in [0.25, 0.3) is 0 Å². The molecule has 3 rings (SSSR count). The van der Waals surface area contributed by atoms with E-state index in [4.69, 9.17) is 5.26 Å². The third-order valence-electron chi connectivity index (χ3n) is 5.46. The fraction of sp³-hybridized carbons (Fsp3) is 0.750. The maximum Gasteiger partial charge on any atom is 0.229 e. The SMILES string of the molecule is CCC1CCN(CC2=CC3C=NC(C#N)=NC3N2CC(C)(C)C)CC1. The van der Waals surface area contributed by atoms with Gasteiger partial charge in [0.05, 0.1) is 5.92 Å². The third kappa shape index (κ3) is 4.30. The number of amidine groups is 1. The molecule has 0 aromatic carbocycles. The third-order valence-corrected chi connectivity index (χ3v) is 5.46. The van der Waals surface area contributed by atoms with Gasteiger partial charge in [-0.25, -0.2) is 9.98 Å². The van der Waals surface area contributed by atoms with Gasteiger partial charge >= 0.3 is 0 Å². The summed E-state index contributed by atoms with van der Waals surface area (Å²) in [6.45, 7) is 13.4. The summed E-state index contributed by atoms with van der Waals surface area (Å²) in [4.78, 5) is 13.8. The van der Waals surface area contributed by atoms with Gasteiger partial charge in [-0.05, 0) is 37.3 Å². The topological polar surface area (TPSA) is 55.0 Å². The number of hydrogen-bond acceptors (Lipinski definition) is 5. The molecular weight excluding hydrogens is 310 g/mol. The van der Waals surface area contributed by atoms with Crippen LogP contribution in [-0.4, -0.2) is 54.2 Å². The van der Waals surface area contributed by atoms with Gasteiger partial charge in [0.15, 0.2) is 0 Å². The average molecular weight is 342 g/mol. The Kier molecular flexibility index (Phi) is 5.29. The summed E-state index contributed by atoms with van der Waals surface area (Å²) >= 11 is 0. The Labute approximate surface area is 152 Å². The molecule has 0 aromatic rings. The van der Waals surface area contributed by atoms with Crippen LogP contribution in [0.4, 0.5) is 0 Å². The molecule has 25 heavy (non-hydrogen) atoms. The Hall–Kier alpha value is -1.67.